The molecule has 0 spiro atoms. The number of halogens is 1. The highest BCUT2D eigenvalue weighted by atomic mass is 19.1. The lowest BCUT2D eigenvalue weighted by Crippen LogP contribution is -2.45. The third-order valence-corrected chi connectivity index (χ3v) is 3.38. The smallest absolute Gasteiger partial charge is 0.363 e. The van der Waals surface area contributed by atoms with E-state index in [9.17, 15) is 14.0 Å². The number of rotatable bonds is 4. The Morgan fingerprint density at radius 1 is 1.43 bits per heavy atom. The number of alkyl halides is 1. The molecule has 0 saturated carbocycles. The molecule has 8 heteroatoms. The van der Waals surface area contributed by atoms with E-state index in [0.29, 0.717) is 10.4 Å². The quantitative estimate of drug-likeness (QED) is 0.730. The molecular weight excluding hydrogens is 279 g/mol. The first kappa shape index (κ1) is 15.4. The van der Waals surface area contributed by atoms with Crippen LogP contribution in [0.5, 0.6) is 0 Å². The van der Waals surface area contributed by atoms with Gasteiger partial charge in [0.1, 0.15) is 0 Å². The number of hydrogen-bond donors (Lipinski definition) is 0. The standard InChI is InChI=1S/C13H19FN4O3/c1-3-21-13(20)12(14)18-11(19)8-10(9-15-18)17-6-4-16(2)5-7-17/h8-9,12H,3-7H2,1-2H3. The lowest BCUT2D eigenvalue weighted by atomic mass is 10.3. The van der Waals surface area contributed by atoms with Gasteiger partial charge >= 0.3 is 5.97 Å². The fourth-order valence-electron chi connectivity index (χ4n) is 2.13. The van der Waals surface area contributed by atoms with Crippen molar-refractivity contribution in [1.29, 1.82) is 0 Å². The van der Waals surface area contributed by atoms with Crippen LogP contribution in [0.15, 0.2) is 17.1 Å². The van der Waals surface area contributed by atoms with Gasteiger partial charge in [-0.05, 0) is 14.0 Å². The summed E-state index contributed by atoms with van der Waals surface area (Å²) in [6.07, 6.45) is -0.808. The first-order chi connectivity index (χ1) is 10.0. The van der Waals surface area contributed by atoms with Crippen molar-refractivity contribution in [2.24, 2.45) is 0 Å². The van der Waals surface area contributed by atoms with Crippen molar-refractivity contribution < 1.29 is 13.9 Å². The number of carbonyl (C=O) groups is 1. The molecule has 1 aliphatic rings. The average molecular weight is 298 g/mol. The van der Waals surface area contributed by atoms with Gasteiger partial charge in [-0.25, -0.2) is 9.18 Å². The van der Waals surface area contributed by atoms with Crippen LogP contribution in [0.1, 0.15) is 13.2 Å². The number of esters is 1. The van der Waals surface area contributed by atoms with Crippen LogP contribution in [0.3, 0.4) is 0 Å². The highest BCUT2D eigenvalue weighted by Gasteiger charge is 2.24. The molecule has 1 unspecified atom stereocenters. The summed E-state index contributed by atoms with van der Waals surface area (Å²) in [5, 5.41) is 3.75. The van der Waals surface area contributed by atoms with Gasteiger partial charge in [-0.1, -0.05) is 0 Å². The van der Waals surface area contributed by atoms with Crippen LogP contribution in [0.2, 0.25) is 0 Å². The van der Waals surface area contributed by atoms with Crippen molar-refractivity contribution in [2.45, 2.75) is 13.2 Å². The number of piperazine rings is 1. The van der Waals surface area contributed by atoms with Crippen LogP contribution in [0.25, 0.3) is 0 Å². The van der Waals surface area contributed by atoms with Gasteiger partial charge in [0.05, 0.1) is 18.5 Å². The first-order valence-corrected chi connectivity index (χ1v) is 6.86. The van der Waals surface area contributed by atoms with Crippen molar-refractivity contribution in [3.05, 3.63) is 22.6 Å². The van der Waals surface area contributed by atoms with Gasteiger partial charge in [0.25, 0.3) is 11.9 Å². The Hall–Kier alpha value is -1.96. The molecule has 1 atom stereocenters. The van der Waals surface area contributed by atoms with Gasteiger partial charge < -0.3 is 14.5 Å². The molecule has 0 aliphatic carbocycles. The van der Waals surface area contributed by atoms with E-state index in [1.165, 1.54) is 12.3 Å². The van der Waals surface area contributed by atoms with E-state index in [4.69, 9.17) is 0 Å². The maximum Gasteiger partial charge on any atom is 0.363 e. The van der Waals surface area contributed by atoms with Gasteiger partial charge in [-0.3, -0.25) is 4.79 Å². The molecule has 0 amide bonds. The Labute approximate surface area is 121 Å². The summed E-state index contributed by atoms with van der Waals surface area (Å²) in [4.78, 5) is 27.4. The van der Waals surface area contributed by atoms with Gasteiger partial charge in [0.2, 0.25) is 0 Å². The van der Waals surface area contributed by atoms with E-state index in [1.807, 2.05) is 11.9 Å². The number of carbonyl (C=O) groups excluding carboxylic acids is 1. The fraction of sp³-hybridized carbons (Fsp3) is 0.615. The second-order valence-corrected chi connectivity index (χ2v) is 4.87. The molecule has 2 rings (SSSR count). The topological polar surface area (TPSA) is 67.7 Å². The van der Waals surface area contributed by atoms with Crippen molar-refractivity contribution in [2.75, 3.05) is 44.7 Å². The first-order valence-electron chi connectivity index (χ1n) is 6.86. The molecule has 7 nitrogen and oxygen atoms in total. The van der Waals surface area contributed by atoms with E-state index in [2.05, 4.69) is 14.7 Å². The van der Waals surface area contributed by atoms with Crippen LogP contribution >= 0.6 is 0 Å². The third kappa shape index (κ3) is 3.57. The predicted molar refractivity (Wildman–Crippen MR) is 75.0 cm³/mol. The molecule has 0 N–H and O–H groups in total. The summed E-state index contributed by atoms with van der Waals surface area (Å²) in [6, 6.07) is 1.30. The highest BCUT2D eigenvalue weighted by molar-refractivity contribution is 5.72. The van der Waals surface area contributed by atoms with Gasteiger partial charge in [-0.15, -0.1) is 0 Å². The van der Waals surface area contributed by atoms with Crippen LogP contribution in [-0.2, 0) is 9.53 Å². The number of likely N-dealkylation sites (N-methyl/N-ethyl adjacent to an activating group) is 1. The van der Waals surface area contributed by atoms with Crippen LogP contribution in [0, 0.1) is 0 Å². The largest absolute Gasteiger partial charge is 0.462 e. The number of aromatic nitrogens is 2. The summed E-state index contributed by atoms with van der Waals surface area (Å²) in [5.74, 6) is -1.11. The second kappa shape index (κ2) is 6.66. The minimum absolute atomic E-state index is 0.0490. The minimum Gasteiger partial charge on any atom is -0.462 e. The second-order valence-electron chi connectivity index (χ2n) is 4.87. The van der Waals surface area contributed by atoms with Crippen LogP contribution < -0.4 is 10.5 Å². The third-order valence-electron chi connectivity index (χ3n) is 3.38. The zero-order valence-corrected chi connectivity index (χ0v) is 12.2. The SMILES string of the molecule is CCOC(=O)C(F)n1ncc(N2CCN(C)CC2)cc1=O. The molecule has 0 aromatic carbocycles. The number of nitrogens with zero attached hydrogens (tertiary/aromatic N) is 4. The van der Waals surface area contributed by atoms with E-state index in [-0.39, 0.29) is 6.61 Å². The van der Waals surface area contributed by atoms with Crippen molar-refractivity contribution in [3.8, 4) is 0 Å². The van der Waals surface area contributed by atoms with Crippen LogP contribution in [0.4, 0.5) is 10.1 Å². The van der Waals surface area contributed by atoms with Crippen LogP contribution in [-0.4, -0.2) is 60.5 Å². The molecule has 1 aromatic heterocycles. The Morgan fingerprint density at radius 2 is 2.10 bits per heavy atom. The Bertz CT molecular complexity index is 555. The Kier molecular flexibility index (Phi) is 4.89. The van der Waals surface area contributed by atoms with Crippen molar-refractivity contribution in [3.63, 3.8) is 0 Å². The molecule has 1 fully saturated rings. The number of ether oxygens (including phenoxy) is 1. The maximum absolute atomic E-state index is 13.8. The maximum atomic E-state index is 13.8. The lowest BCUT2D eigenvalue weighted by Gasteiger charge is -2.33. The van der Waals surface area contributed by atoms with E-state index in [1.54, 1.807) is 6.92 Å². The van der Waals surface area contributed by atoms with E-state index in [0.717, 1.165) is 26.2 Å². The molecule has 1 aromatic rings. The van der Waals surface area contributed by atoms with Crippen molar-refractivity contribution in [1.82, 2.24) is 14.7 Å². The molecule has 0 bridgehead atoms. The average Bonchev–Trinajstić information content (AvgIpc) is 2.47. The Morgan fingerprint density at radius 3 is 2.67 bits per heavy atom. The zero-order valence-electron chi connectivity index (χ0n) is 12.2. The molecule has 2 heterocycles. The molecule has 116 valence electrons. The summed E-state index contributed by atoms with van der Waals surface area (Å²) < 4.78 is 18.8. The van der Waals surface area contributed by atoms with E-state index < -0.39 is 17.8 Å². The molecule has 0 radical (unpaired) electrons. The fourth-order valence-corrected chi connectivity index (χ4v) is 2.13. The number of anilines is 1. The minimum atomic E-state index is -2.21. The van der Waals surface area contributed by atoms with Gasteiger partial charge in [0, 0.05) is 32.2 Å². The predicted octanol–water partition coefficient (Wildman–Crippen LogP) is 0.0263. The molecule has 1 aliphatic heterocycles. The molecule has 1 saturated heterocycles. The summed E-state index contributed by atoms with van der Waals surface area (Å²) in [5.41, 5.74) is -0.0209. The lowest BCUT2D eigenvalue weighted by molar-refractivity contribution is -0.153. The van der Waals surface area contributed by atoms with Crippen molar-refractivity contribution >= 4 is 11.7 Å². The summed E-state index contributed by atoms with van der Waals surface area (Å²) in [7, 11) is 2.03. The molecular formula is C13H19FN4O3. The van der Waals surface area contributed by atoms with Gasteiger partial charge in [-0.2, -0.15) is 9.78 Å². The number of hydrogen-bond acceptors (Lipinski definition) is 6. The normalized spacial score (nSPS) is 17.6. The monoisotopic (exact) mass is 298 g/mol. The van der Waals surface area contributed by atoms with E-state index >= 15 is 0 Å². The summed E-state index contributed by atoms with van der Waals surface area (Å²) >= 11 is 0. The molecule has 21 heavy (non-hydrogen) atoms. The Balaban J connectivity index is 2.14. The highest BCUT2D eigenvalue weighted by Crippen LogP contribution is 2.14. The summed E-state index contributed by atoms with van der Waals surface area (Å²) in [6.45, 7) is 4.94. The zero-order chi connectivity index (χ0) is 15.4. The van der Waals surface area contributed by atoms with Gasteiger partial charge in [0.15, 0.2) is 0 Å².